The first-order valence-electron chi connectivity index (χ1n) is 11.3. The molecule has 1 aromatic carbocycles. The number of hydrogen-bond donors (Lipinski definition) is 3. The summed E-state index contributed by atoms with van der Waals surface area (Å²) in [7, 11) is 1.23. The predicted octanol–water partition coefficient (Wildman–Crippen LogP) is 2.78. The molecule has 0 saturated heterocycles. The normalized spacial score (nSPS) is 12.8. The van der Waals surface area contributed by atoms with E-state index in [1.165, 1.54) is 12.0 Å². The van der Waals surface area contributed by atoms with Gasteiger partial charge in [0.15, 0.2) is 0 Å². The molecule has 34 heavy (non-hydrogen) atoms. The number of nitrogens with one attached hydrogen (secondary N) is 2. The van der Waals surface area contributed by atoms with E-state index < -0.39 is 41.6 Å². The van der Waals surface area contributed by atoms with Gasteiger partial charge in [-0.3, -0.25) is 14.4 Å². The van der Waals surface area contributed by atoms with Gasteiger partial charge in [0.05, 0.1) is 7.11 Å². The molecule has 0 aliphatic heterocycles. The lowest BCUT2D eigenvalue weighted by atomic mass is 9.98. The highest BCUT2D eigenvalue weighted by Gasteiger charge is 2.36. The van der Waals surface area contributed by atoms with Gasteiger partial charge in [-0.1, -0.05) is 37.6 Å². The predicted molar refractivity (Wildman–Crippen MR) is 133 cm³/mol. The van der Waals surface area contributed by atoms with E-state index in [2.05, 4.69) is 28.0 Å². The minimum absolute atomic E-state index is 0.00493. The number of thiol groups is 1. The maximum Gasteiger partial charge on any atom is 0.408 e. The summed E-state index contributed by atoms with van der Waals surface area (Å²) in [5.41, 5.74) is 0.676. The molecule has 190 valence electrons. The van der Waals surface area contributed by atoms with Gasteiger partial charge in [0.2, 0.25) is 11.8 Å². The maximum atomic E-state index is 13.6. The van der Waals surface area contributed by atoms with Crippen LogP contribution in [0.15, 0.2) is 24.3 Å². The highest BCUT2D eigenvalue weighted by atomic mass is 32.1. The zero-order valence-corrected chi connectivity index (χ0v) is 21.7. The topological polar surface area (TPSA) is 114 Å². The van der Waals surface area contributed by atoms with E-state index >= 15 is 0 Å². The van der Waals surface area contributed by atoms with Crippen molar-refractivity contribution in [2.45, 2.75) is 65.1 Å². The third kappa shape index (κ3) is 9.24. The SMILES string of the molecule is CCCCN(C(=O)C(CS)NC(=O)OC(C)(C)C)C(C(=O)NCC(=O)OC)c1ccccc1C. The molecule has 1 aromatic rings. The van der Waals surface area contributed by atoms with E-state index in [1.807, 2.05) is 26.0 Å². The van der Waals surface area contributed by atoms with Gasteiger partial charge in [-0.25, -0.2) is 4.79 Å². The van der Waals surface area contributed by atoms with Crippen LogP contribution in [0.4, 0.5) is 4.79 Å². The molecule has 2 N–H and O–H groups in total. The molecule has 3 amide bonds. The zero-order valence-electron chi connectivity index (χ0n) is 20.8. The fourth-order valence-electron chi connectivity index (χ4n) is 3.20. The quantitative estimate of drug-likeness (QED) is 0.321. The molecule has 0 bridgehead atoms. The molecule has 0 spiro atoms. The standard InChI is InChI=1S/C24H37N3O6S/c1-7-8-13-27(22(30)18(15-34)26-23(31)33-24(3,4)5)20(17-12-10-9-11-16(17)2)21(29)25-14-19(28)32-6/h9-12,18,20,34H,7-8,13-15H2,1-6H3,(H,25,29)(H,26,31). The molecule has 10 heteroatoms. The Morgan fingerprint density at radius 1 is 1.15 bits per heavy atom. The van der Waals surface area contributed by atoms with Crippen molar-refractivity contribution in [2.75, 3.05) is 26.0 Å². The molecule has 0 radical (unpaired) electrons. The van der Waals surface area contributed by atoms with Crippen LogP contribution in [-0.2, 0) is 23.9 Å². The molecule has 2 unspecified atom stereocenters. The van der Waals surface area contributed by atoms with Crippen molar-refractivity contribution in [1.82, 2.24) is 15.5 Å². The molecule has 9 nitrogen and oxygen atoms in total. The largest absolute Gasteiger partial charge is 0.468 e. The lowest BCUT2D eigenvalue weighted by Gasteiger charge is -2.34. The van der Waals surface area contributed by atoms with Gasteiger partial charge >= 0.3 is 12.1 Å². The highest BCUT2D eigenvalue weighted by molar-refractivity contribution is 7.80. The van der Waals surface area contributed by atoms with Crippen LogP contribution in [0.1, 0.15) is 57.7 Å². The number of rotatable bonds is 11. The molecule has 2 atom stereocenters. The number of ether oxygens (including phenoxy) is 2. The first kappa shape index (κ1) is 29.3. The van der Waals surface area contributed by atoms with Crippen molar-refractivity contribution in [1.29, 1.82) is 0 Å². The number of nitrogens with zero attached hydrogens (tertiary/aromatic N) is 1. The zero-order chi connectivity index (χ0) is 25.9. The summed E-state index contributed by atoms with van der Waals surface area (Å²) in [5, 5.41) is 5.13. The highest BCUT2D eigenvalue weighted by Crippen LogP contribution is 2.26. The number of alkyl carbamates (subject to hydrolysis) is 1. The monoisotopic (exact) mass is 495 g/mol. The van der Waals surface area contributed by atoms with E-state index in [0.717, 1.165) is 12.0 Å². The molecular formula is C24H37N3O6S. The van der Waals surface area contributed by atoms with Crippen LogP contribution in [0.25, 0.3) is 0 Å². The molecule has 0 aromatic heterocycles. The van der Waals surface area contributed by atoms with Crippen LogP contribution >= 0.6 is 12.6 Å². The van der Waals surface area contributed by atoms with E-state index in [1.54, 1.807) is 32.9 Å². The van der Waals surface area contributed by atoms with Crippen molar-refractivity contribution in [3.63, 3.8) is 0 Å². The minimum atomic E-state index is -1.02. The van der Waals surface area contributed by atoms with Crippen LogP contribution in [0.5, 0.6) is 0 Å². The Kier molecular flexibility index (Phi) is 11.9. The summed E-state index contributed by atoms with van der Waals surface area (Å²) in [6.45, 7) is 8.90. The van der Waals surface area contributed by atoms with E-state index in [4.69, 9.17) is 4.74 Å². The molecular weight excluding hydrogens is 458 g/mol. The molecule has 0 heterocycles. The number of amides is 3. The van der Waals surface area contributed by atoms with Crippen LogP contribution in [0.2, 0.25) is 0 Å². The Balaban J connectivity index is 3.36. The number of aryl methyl sites for hydroxylation is 1. The van der Waals surface area contributed by atoms with Gasteiger partial charge < -0.3 is 25.0 Å². The van der Waals surface area contributed by atoms with Crippen LogP contribution in [0.3, 0.4) is 0 Å². The van der Waals surface area contributed by atoms with Crippen molar-refractivity contribution < 1.29 is 28.7 Å². The van der Waals surface area contributed by atoms with E-state index in [-0.39, 0.29) is 18.8 Å². The minimum Gasteiger partial charge on any atom is -0.468 e. The van der Waals surface area contributed by atoms with Gasteiger partial charge in [0, 0.05) is 12.3 Å². The first-order chi connectivity index (χ1) is 15.9. The third-order valence-electron chi connectivity index (χ3n) is 4.88. The second-order valence-electron chi connectivity index (χ2n) is 8.82. The number of methoxy groups -OCH3 is 1. The van der Waals surface area contributed by atoms with Crippen molar-refractivity contribution >= 4 is 36.5 Å². The van der Waals surface area contributed by atoms with Gasteiger partial charge in [-0.05, 0) is 45.2 Å². The Morgan fingerprint density at radius 2 is 1.79 bits per heavy atom. The van der Waals surface area contributed by atoms with Gasteiger partial charge in [-0.15, -0.1) is 0 Å². The summed E-state index contributed by atoms with van der Waals surface area (Å²) >= 11 is 4.26. The molecule has 1 rings (SSSR count). The Bertz CT molecular complexity index is 855. The molecule has 0 saturated carbocycles. The Hall–Kier alpha value is -2.75. The Morgan fingerprint density at radius 3 is 2.32 bits per heavy atom. The van der Waals surface area contributed by atoms with E-state index in [9.17, 15) is 19.2 Å². The van der Waals surface area contributed by atoms with Gasteiger partial charge in [0.1, 0.15) is 24.2 Å². The van der Waals surface area contributed by atoms with Crippen LogP contribution in [0, 0.1) is 6.92 Å². The molecule has 0 aliphatic carbocycles. The van der Waals surface area contributed by atoms with Crippen LogP contribution in [-0.4, -0.2) is 66.4 Å². The lowest BCUT2D eigenvalue weighted by Crippen LogP contribution is -2.54. The summed E-state index contributed by atoms with van der Waals surface area (Å²) in [4.78, 5) is 52.3. The number of esters is 1. The molecule has 0 aliphatic rings. The second kappa shape index (κ2) is 13.8. The average molecular weight is 496 g/mol. The fraction of sp³-hybridized carbons (Fsp3) is 0.583. The summed E-state index contributed by atoms with van der Waals surface area (Å²) < 4.78 is 9.90. The van der Waals surface area contributed by atoms with Crippen molar-refractivity contribution in [2.24, 2.45) is 0 Å². The molecule has 0 fully saturated rings. The smallest absolute Gasteiger partial charge is 0.408 e. The number of unbranched alkanes of at least 4 members (excludes halogenated alkanes) is 1. The van der Waals surface area contributed by atoms with E-state index in [0.29, 0.717) is 12.0 Å². The lowest BCUT2D eigenvalue weighted by molar-refractivity contribution is -0.144. The number of hydrogen-bond acceptors (Lipinski definition) is 7. The first-order valence-corrected chi connectivity index (χ1v) is 11.9. The summed E-state index contributed by atoms with van der Waals surface area (Å²) in [6, 6.07) is 5.18. The summed E-state index contributed by atoms with van der Waals surface area (Å²) in [5.74, 6) is -1.61. The fourth-order valence-corrected chi connectivity index (χ4v) is 3.45. The number of carbonyl (C=O) groups is 4. The second-order valence-corrected chi connectivity index (χ2v) is 9.18. The van der Waals surface area contributed by atoms with Crippen molar-refractivity contribution in [3.05, 3.63) is 35.4 Å². The van der Waals surface area contributed by atoms with Crippen molar-refractivity contribution in [3.8, 4) is 0 Å². The van der Waals surface area contributed by atoms with Gasteiger partial charge in [0.25, 0.3) is 0 Å². The van der Waals surface area contributed by atoms with Crippen LogP contribution < -0.4 is 10.6 Å². The third-order valence-corrected chi connectivity index (χ3v) is 5.25. The Labute approximate surface area is 207 Å². The summed E-state index contributed by atoms with van der Waals surface area (Å²) in [6.07, 6.45) is 0.654. The average Bonchev–Trinajstić information content (AvgIpc) is 2.77. The van der Waals surface area contributed by atoms with Gasteiger partial charge in [-0.2, -0.15) is 12.6 Å². The maximum absolute atomic E-state index is 13.6. The number of benzene rings is 1. The number of carbonyl (C=O) groups excluding carboxylic acids is 4.